The van der Waals surface area contributed by atoms with Gasteiger partial charge in [-0.2, -0.15) is 5.10 Å². The number of rotatable bonds is 6. The number of aromatic nitrogens is 2. The Morgan fingerprint density at radius 2 is 1.87 bits per heavy atom. The van der Waals surface area contributed by atoms with Gasteiger partial charge in [0, 0.05) is 37.0 Å². The molecule has 0 radical (unpaired) electrons. The van der Waals surface area contributed by atoms with Crippen LogP contribution in [0.5, 0.6) is 11.5 Å². The Bertz CT molecular complexity index is 1140. The summed E-state index contributed by atoms with van der Waals surface area (Å²) < 4.78 is 12.1. The van der Waals surface area contributed by atoms with Crippen LogP contribution >= 0.6 is 11.6 Å². The first kappa shape index (κ1) is 21.4. The summed E-state index contributed by atoms with van der Waals surface area (Å²) in [4.78, 5) is 27.0. The number of carbonyl (C=O) groups excluding carboxylic acids is 1. The molecule has 0 bridgehead atoms. The van der Waals surface area contributed by atoms with Crippen LogP contribution < -0.4 is 14.9 Å². The molecular formula is C22H22ClN3O4. The topological polar surface area (TPSA) is 73.7 Å². The molecule has 0 unspecified atom stereocenters. The number of aryl methyl sites for hydroxylation is 1. The number of benzene rings is 2. The summed E-state index contributed by atoms with van der Waals surface area (Å²) in [7, 11) is 4.72. The molecule has 0 saturated heterocycles. The molecule has 0 N–H and O–H groups in total. The summed E-state index contributed by atoms with van der Waals surface area (Å²) in [6.45, 7) is 1.96. The van der Waals surface area contributed by atoms with Crippen molar-refractivity contribution in [1.82, 2.24) is 14.7 Å². The van der Waals surface area contributed by atoms with Gasteiger partial charge in [-0.3, -0.25) is 9.59 Å². The average molecular weight is 428 g/mol. The van der Waals surface area contributed by atoms with Gasteiger partial charge in [0.15, 0.2) is 5.69 Å². The largest absolute Gasteiger partial charge is 0.497 e. The Kier molecular flexibility index (Phi) is 6.42. The summed E-state index contributed by atoms with van der Waals surface area (Å²) >= 11 is 6.27. The number of carbonyl (C=O) groups is 1. The highest BCUT2D eigenvalue weighted by Crippen LogP contribution is 2.26. The van der Waals surface area contributed by atoms with Gasteiger partial charge < -0.3 is 14.4 Å². The van der Waals surface area contributed by atoms with Gasteiger partial charge in [0.2, 0.25) is 5.43 Å². The number of hydrogen-bond acceptors (Lipinski definition) is 5. The van der Waals surface area contributed by atoms with E-state index in [9.17, 15) is 9.59 Å². The van der Waals surface area contributed by atoms with Crippen molar-refractivity contribution in [1.29, 1.82) is 0 Å². The first-order valence-corrected chi connectivity index (χ1v) is 9.55. The molecule has 30 heavy (non-hydrogen) atoms. The highest BCUT2D eigenvalue weighted by atomic mass is 35.5. The molecule has 7 nitrogen and oxygen atoms in total. The molecule has 0 spiro atoms. The van der Waals surface area contributed by atoms with Gasteiger partial charge in [0.1, 0.15) is 11.5 Å². The fourth-order valence-electron chi connectivity index (χ4n) is 3.05. The fourth-order valence-corrected chi connectivity index (χ4v) is 3.27. The summed E-state index contributed by atoms with van der Waals surface area (Å²) in [5, 5.41) is 4.78. The molecule has 0 saturated carbocycles. The third-order valence-corrected chi connectivity index (χ3v) is 4.96. The van der Waals surface area contributed by atoms with Crippen LogP contribution in [-0.2, 0) is 6.54 Å². The van der Waals surface area contributed by atoms with Crippen LogP contribution in [0.2, 0.25) is 5.02 Å². The maximum absolute atomic E-state index is 13.0. The minimum absolute atomic E-state index is 0.185. The molecule has 0 aliphatic rings. The Labute approximate surface area is 179 Å². The zero-order valence-corrected chi connectivity index (χ0v) is 17.9. The molecule has 3 rings (SSSR count). The lowest BCUT2D eigenvalue weighted by molar-refractivity contribution is 0.0775. The molecule has 0 aliphatic heterocycles. The smallest absolute Gasteiger partial charge is 0.278 e. The Hall–Kier alpha value is -3.32. The number of methoxy groups -OCH3 is 2. The second-order valence-electron chi connectivity index (χ2n) is 6.70. The van der Waals surface area contributed by atoms with Gasteiger partial charge in [-0.15, -0.1) is 0 Å². The summed E-state index contributed by atoms with van der Waals surface area (Å²) in [5.41, 5.74) is 1.30. The van der Waals surface area contributed by atoms with Crippen molar-refractivity contribution in [2.75, 3.05) is 21.3 Å². The lowest BCUT2D eigenvalue weighted by atomic mass is 10.1. The predicted molar refractivity (Wildman–Crippen MR) is 115 cm³/mol. The lowest BCUT2D eigenvalue weighted by Crippen LogP contribution is -2.33. The Morgan fingerprint density at radius 3 is 2.53 bits per heavy atom. The molecular weight excluding hydrogens is 406 g/mol. The van der Waals surface area contributed by atoms with E-state index in [0.29, 0.717) is 27.9 Å². The van der Waals surface area contributed by atoms with E-state index in [0.717, 1.165) is 5.56 Å². The molecule has 0 fully saturated rings. The number of nitrogens with zero attached hydrogens (tertiary/aromatic N) is 3. The van der Waals surface area contributed by atoms with E-state index in [1.807, 2.05) is 12.1 Å². The maximum atomic E-state index is 13.0. The quantitative estimate of drug-likeness (QED) is 0.602. The first-order valence-electron chi connectivity index (χ1n) is 9.18. The van der Waals surface area contributed by atoms with Crippen molar-refractivity contribution in [3.63, 3.8) is 0 Å². The summed E-state index contributed by atoms with van der Waals surface area (Å²) in [5.74, 6) is 0.727. The van der Waals surface area contributed by atoms with Crippen molar-refractivity contribution in [2.24, 2.45) is 0 Å². The van der Waals surface area contributed by atoms with Crippen molar-refractivity contribution in [3.05, 3.63) is 80.7 Å². The Balaban J connectivity index is 1.94. The maximum Gasteiger partial charge on any atom is 0.278 e. The Morgan fingerprint density at radius 1 is 1.13 bits per heavy atom. The van der Waals surface area contributed by atoms with E-state index in [1.165, 1.54) is 15.6 Å². The summed E-state index contributed by atoms with van der Waals surface area (Å²) in [6.07, 6.45) is 0. The first-order chi connectivity index (χ1) is 14.3. The van der Waals surface area contributed by atoms with Crippen LogP contribution in [0.3, 0.4) is 0 Å². The van der Waals surface area contributed by atoms with Gasteiger partial charge in [0.25, 0.3) is 5.91 Å². The minimum atomic E-state index is -0.501. The van der Waals surface area contributed by atoms with Crippen LogP contribution in [0.25, 0.3) is 5.69 Å². The van der Waals surface area contributed by atoms with E-state index in [-0.39, 0.29) is 12.2 Å². The number of hydrogen-bond donors (Lipinski definition) is 0. The summed E-state index contributed by atoms with van der Waals surface area (Å²) in [6, 6.07) is 13.8. The highest BCUT2D eigenvalue weighted by Gasteiger charge is 2.21. The van der Waals surface area contributed by atoms with E-state index in [2.05, 4.69) is 5.10 Å². The number of para-hydroxylation sites is 1. The van der Waals surface area contributed by atoms with E-state index in [4.69, 9.17) is 21.1 Å². The number of ether oxygens (including phenoxy) is 2. The van der Waals surface area contributed by atoms with Gasteiger partial charge in [0.05, 0.1) is 24.9 Å². The second-order valence-corrected chi connectivity index (χ2v) is 7.11. The molecule has 3 aromatic rings. The van der Waals surface area contributed by atoms with Gasteiger partial charge in [-0.05, 0) is 31.2 Å². The molecule has 8 heteroatoms. The second kappa shape index (κ2) is 9.00. The molecule has 1 aromatic heterocycles. The predicted octanol–water partition coefficient (Wildman–Crippen LogP) is 3.48. The standard InChI is InChI=1S/C22H22ClN3O4/c1-14-11-19(27)21(24-26(14)18-8-6-5-7-17(18)23)22(28)25(2)13-15-9-10-16(29-3)12-20(15)30-4/h5-12H,13H2,1-4H3. The number of halogens is 1. The van der Waals surface area contributed by atoms with Crippen LogP contribution in [0.1, 0.15) is 21.7 Å². The molecule has 1 heterocycles. The van der Waals surface area contributed by atoms with Crippen LogP contribution in [0.4, 0.5) is 0 Å². The normalized spacial score (nSPS) is 10.6. The zero-order chi connectivity index (χ0) is 21.8. The monoisotopic (exact) mass is 427 g/mol. The van der Waals surface area contributed by atoms with E-state index < -0.39 is 11.3 Å². The molecule has 1 amide bonds. The van der Waals surface area contributed by atoms with Gasteiger partial charge in [-0.25, -0.2) is 4.68 Å². The molecule has 2 aromatic carbocycles. The van der Waals surface area contributed by atoms with Gasteiger partial charge in [-0.1, -0.05) is 23.7 Å². The average Bonchev–Trinajstić information content (AvgIpc) is 2.74. The molecule has 0 aliphatic carbocycles. The van der Waals surface area contributed by atoms with Gasteiger partial charge >= 0.3 is 0 Å². The van der Waals surface area contributed by atoms with Crippen LogP contribution in [0, 0.1) is 6.92 Å². The lowest BCUT2D eigenvalue weighted by Gasteiger charge is -2.19. The van der Waals surface area contributed by atoms with E-state index in [1.54, 1.807) is 58.5 Å². The van der Waals surface area contributed by atoms with Crippen LogP contribution in [-0.4, -0.2) is 41.9 Å². The van der Waals surface area contributed by atoms with Crippen molar-refractivity contribution >= 4 is 17.5 Å². The van der Waals surface area contributed by atoms with Crippen molar-refractivity contribution in [2.45, 2.75) is 13.5 Å². The van der Waals surface area contributed by atoms with Crippen LogP contribution in [0.15, 0.2) is 53.3 Å². The highest BCUT2D eigenvalue weighted by molar-refractivity contribution is 6.32. The minimum Gasteiger partial charge on any atom is -0.497 e. The number of amides is 1. The SMILES string of the molecule is COc1ccc(CN(C)C(=O)c2nn(-c3ccccc3Cl)c(C)cc2=O)c(OC)c1. The fraction of sp³-hybridized carbons (Fsp3) is 0.227. The van der Waals surface area contributed by atoms with Crippen molar-refractivity contribution < 1.29 is 14.3 Å². The molecule has 0 atom stereocenters. The third kappa shape index (κ3) is 4.31. The third-order valence-electron chi connectivity index (χ3n) is 4.64. The van der Waals surface area contributed by atoms with Crippen molar-refractivity contribution in [3.8, 4) is 17.2 Å². The zero-order valence-electron chi connectivity index (χ0n) is 17.2. The van der Waals surface area contributed by atoms with E-state index >= 15 is 0 Å². The molecule has 156 valence electrons.